The second-order valence-corrected chi connectivity index (χ2v) is 6.88. The molecule has 2 saturated heterocycles. The van der Waals surface area contributed by atoms with E-state index < -0.39 is 0 Å². The third-order valence-corrected chi connectivity index (χ3v) is 5.09. The van der Waals surface area contributed by atoms with Gasteiger partial charge in [0.2, 0.25) is 0 Å². The molecule has 2 heterocycles. The Labute approximate surface area is 133 Å². The molecule has 2 aliphatic rings. The number of carbonyl (C=O) groups is 1. The Morgan fingerprint density at radius 2 is 2.00 bits per heavy atom. The van der Waals surface area contributed by atoms with Gasteiger partial charge in [-0.2, -0.15) is 0 Å². The van der Waals surface area contributed by atoms with Gasteiger partial charge >= 0.3 is 0 Å². The summed E-state index contributed by atoms with van der Waals surface area (Å²) in [6, 6.07) is 5.98. The molecule has 1 amide bonds. The molecule has 0 radical (unpaired) electrons. The smallest absolute Gasteiger partial charge is 0.255 e. The maximum atomic E-state index is 12.6. The van der Waals surface area contributed by atoms with Crippen LogP contribution in [0.25, 0.3) is 0 Å². The molecule has 0 aromatic heterocycles. The standard InChI is InChI=1S/C15H18BrClN2O/c16-11-3-4-14(17)13(9-11)15(20)19-8-5-12(10-19)18-6-1-2-7-18/h3-4,9,12H,1-2,5-8,10H2. The van der Waals surface area contributed by atoms with Crippen molar-refractivity contribution in [1.29, 1.82) is 0 Å². The second-order valence-electron chi connectivity index (χ2n) is 5.56. The number of carbonyl (C=O) groups excluding carboxylic acids is 1. The molecule has 0 bridgehead atoms. The van der Waals surface area contributed by atoms with Crippen LogP contribution in [0.3, 0.4) is 0 Å². The third-order valence-electron chi connectivity index (χ3n) is 4.27. The van der Waals surface area contributed by atoms with E-state index in [0.29, 0.717) is 16.6 Å². The van der Waals surface area contributed by atoms with Gasteiger partial charge in [-0.05, 0) is 50.6 Å². The summed E-state index contributed by atoms with van der Waals surface area (Å²) in [6.45, 7) is 4.04. The molecule has 0 aliphatic carbocycles. The summed E-state index contributed by atoms with van der Waals surface area (Å²) in [5.41, 5.74) is 0.600. The highest BCUT2D eigenvalue weighted by Crippen LogP contribution is 2.26. The molecule has 0 saturated carbocycles. The minimum absolute atomic E-state index is 0.0537. The van der Waals surface area contributed by atoms with E-state index in [4.69, 9.17) is 11.6 Å². The summed E-state index contributed by atoms with van der Waals surface area (Å²) < 4.78 is 0.889. The van der Waals surface area contributed by atoms with Crippen molar-refractivity contribution < 1.29 is 4.79 Å². The Bertz CT molecular complexity index is 517. The van der Waals surface area contributed by atoms with Gasteiger partial charge in [0.05, 0.1) is 10.6 Å². The lowest BCUT2D eigenvalue weighted by Crippen LogP contribution is -2.37. The summed E-state index contributed by atoms with van der Waals surface area (Å²) in [4.78, 5) is 17.0. The van der Waals surface area contributed by atoms with Gasteiger partial charge in [0.25, 0.3) is 5.91 Å². The maximum absolute atomic E-state index is 12.6. The average Bonchev–Trinajstić information content (AvgIpc) is 3.10. The van der Waals surface area contributed by atoms with Crippen molar-refractivity contribution in [2.24, 2.45) is 0 Å². The Hall–Kier alpha value is -0.580. The highest BCUT2D eigenvalue weighted by Gasteiger charge is 2.32. The Morgan fingerprint density at radius 3 is 2.75 bits per heavy atom. The van der Waals surface area contributed by atoms with E-state index in [1.807, 2.05) is 17.0 Å². The fraction of sp³-hybridized carbons (Fsp3) is 0.533. The van der Waals surface area contributed by atoms with Crippen molar-refractivity contribution in [3.8, 4) is 0 Å². The summed E-state index contributed by atoms with van der Waals surface area (Å²) in [5.74, 6) is 0.0537. The van der Waals surface area contributed by atoms with Crippen molar-refractivity contribution in [2.75, 3.05) is 26.2 Å². The Morgan fingerprint density at radius 1 is 1.25 bits per heavy atom. The fourth-order valence-electron chi connectivity index (χ4n) is 3.16. The van der Waals surface area contributed by atoms with E-state index in [0.717, 1.165) is 24.0 Å². The van der Waals surface area contributed by atoms with Crippen LogP contribution in [0.4, 0.5) is 0 Å². The van der Waals surface area contributed by atoms with E-state index in [9.17, 15) is 4.79 Å². The predicted octanol–water partition coefficient (Wildman–Crippen LogP) is 3.41. The van der Waals surface area contributed by atoms with Crippen LogP contribution < -0.4 is 0 Å². The summed E-state index contributed by atoms with van der Waals surface area (Å²) >= 11 is 9.56. The zero-order chi connectivity index (χ0) is 14.1. The molecule has 20 heavy (non-hydrogen) atoms. The quantitative estimate of drug-likeness (QED) is 0.810. The van der Waals surface area contributed by atoms with E-state index in [-0.39, 0.29) is 5.91 Å². The van der Waals surface area contributed by atoms with Crippen molar-refractivity contribution in [1.82, 2.24) is 9.80 Å². The van der Waals surface area contributed by atoms with Crippen LogP contribution in [-0.4, -0.2) is 47.9 Å². The molecule has 1 unspecified atom stereocenters. The van der Waals surface area contributed by atoms with Crippen molar-refractivity contribution in [3.05, 3.63) is 33.3 Å². The van der Waals surface area contributed by atoms with Crippen LogP contribution in [0, 0.1) is 0 Å². The minimum atomic E-state index is 0.0537. The Kier molecular flexibility index (Phi) is 4.34. The predicted molar refractivity (Wildman–Crippen MR) is 84.3 cm³/mol. The zero-order valence-corrected chi connectivity index (χ0v) is 13.7. The van der Waals surface area contributed by atoms with Crippen LogP contribution in [0.15, 0.2) is 22.7 Å². The number of hydrogen-bond donors (Lipinski definition) is 0. The fourth-order valence-corrected chi connectivity index (χ4v) is 3.72. The van der Waals surface area contributed by atoms with Gasteiger partial charge in [0.15, 0.2) is 0 Å². The molecular formula is C15H18BrClN2O. The number of likely N-dealkylation sites (tertiary alicyclic amines) is 2. The van der Waals surface area contributed by atoms with Gasteiger partial charge in [-0.1, -0.05) is 27.5 Å². The SMILES string of the molecule is O=C(c1cc(Br)ccc1Cl)N1CCC(N2CCCC2)C1. The van der Waals surface area contributed by atoms with Crippen LogP contribution in [0.5, 0.6) is 0 Å². The molecule has 1 aromatic rings. The maximum Gasteiger partial charge on any atom is 0.255 e. The molecule has 108 valence electrons. The van der Waals surface area contributed by atoms with Crippen LogP contribution in [-0.2, 0) is 0 Å². The first-order chi connectivity index (χ1) is 9.65. The molecule has 3 nitrogen and oxygen atoms in total. The van der Waals surface area contributed by atoms with E-state index >= 15 is 0 Å². The van der Waals surface area contributed by atoms with E-state index in [1.54, 1.807) is 6.07 Å². The number of rotatable bonds is 2. The first-order valence-electron chi connectivity index (χ1n) is 7.13. The number of amides is 1. The number of benzene rings is 1. The first kappa shape index (κ1) is 14.4. The minimum Gasteiger partial charge on any atom is -0.337 e. The molecule has 3 rings (SSSR count). The topological polar surface area (TPSA) is 23.6 Å². The molecular weight excluding hydrogens is 340 g/mol. The normalized spacial score (nSPS) is 23.5. The lowest BCUT2D eigenvalue weighted by Gasteiger charge is -2.23. The Balaban J connectivity index is 1.70. The average molecular weight is 358 g/mol. The molecule has 1 aromatic carbocycles. The lowest BCUT2D eigenvalue weighted by atomic mass is 10.2. The number of halogens is 2. The number of hydrogen-bond acceptors (Lipinski definition) is 2. The van der Waals surface area contributed by atoms with Crippen LogP contribution in [0.1, 0.15) is 29.6 Å². The van der Waals surface area contributed by atoms with Crippen molar-refractivity contribution in [2.45, 2.75) is 25.3 Å². The molecule has 2 fully saturated rings. The highest BCUT2D eigenvalue weighted by molar-refractivity contribution is 9.10. The molecule has 0 N–H and O–H groups in total. The monoisotopic (exact) mass is 356 g/mol. The number of nitrogens with zero attached hydrogens (tertiary/aromatic N) is 2. The van der Waals surface area contributed by atoms with Gasteiger partial charge in [0.1, 0.15) is 0 Å². The summed E-state index contributed by atoms with van der Waals surface area (Å²) in [7, 11) is 0. The zero-order valence-electron chi connectivity index (χ0n) is 11.3. The largest absolute Gasteiger partial charge is 0.337 e. The summed E-state index contributed by atoms with van der Waals surface area (Å²) in [6.07, 6.45) is 3.67. The first-order valence-corrected chi connectivity index (χ1v) is 8.30. The summed E-state index contributed by atoms with van der Waals surface area (Å²) in [5, 5.41) is 0.530. The molecule has 2 aliphatic heterocycles. The lowest BCUT2D eigenvalue weighted by molar-refractivity contribution is 0.0780. The molecule has 5 heteroatoms. The van der Waals surface area contributed by atoms with Gasteiger partial charge < -0.3 is 4.90 Å². The highest BCUT2D eigenvalue weighted by atomic mass is 79.9. The van der Waals surface area contributed by atoms with Crippen molar-refractivity contribution >= 4 is 33.4 Å². The van der Waals surface area contributed by atoms with E-state index in [1.165, 1.54) is 25.9 Å². The molecule has 1 atom stereocenters. The third kappa shape index (κ3) is 2.87. The van der Waals surface area contributed by atoms with Gasteiger partial charge in [-0.15, -0.1) is 0 Å². The van der Waals surface area contributed by atoms with Gasteiger partial charge in [-0.25, -0.2) is 0 Å². The van der Waals surface area contributed by atoms with Gasteiger partial charge in [0, 0.05) is 23.6 Å². The molecule has 0 spiro atoms. The van der Waals surface area contributed by atoms with Crippen molar-refractivity contribution in [3.63, 3.8) is 0 Å². The van der Waals surface area contributed by atoms with E-state index in [2.05, 4.69) is 20.8 Å². The van der Waals surface area contributed by atoms with Gasteiger partial charge in [-0.3, -0.25) is 9.69 Å². The van der Waals surface area contributed by atoms with Crippen LogP contribution >= 0.6 is 27.5 Å². The van der Waals surface area contributed by atoms with Crippen LogP contribution in [0.2, 0.25) is 5.02 Å². The second kappa shape index (κ2) is 6.04.